The summed E-state index contributed by atoms with van der Waals surface area (Å²) in [5, 5.41) is 18.9. The fourth-order valence-electron chi connectivity index (χ4n) is 2.20. The Labute approximate surface area is 86.6 Å². The normalized spacial score (nSPS) is 32.1. The van der Waals surface area contributed by atoms with Gasteiger partial charge in [-0.05, 0) is 25.2 Å². The van der Waals surface area contributed by atoms with Crippen molar-refractivity contribution >= 4 is 0 Å². The molecule has 3 atom stereocenters. The number of hydrogen-bond donors (Lipinski definition) is 2. The molecule has 2 heteroatoms. The van der Waals surface area contributed by atoms with Gasteiger partial charge >= 0.3 is 0 Å². The minimum Gasteiger partial charge on any atom is -0.396 e. The highest BCUT2D eigenvalue weighted by Gasteiger charge is 2.27. The van der Waals surface area contributed by atoms with Crippen molar-refractivity contribution < 1.29 is 10.2 Å². The highest BCUT2D eigenvalue weighted by Crippen LogP contribution is 2.29. The van der Waals surface area contributed by atoms with Crippen LogP contribution in [0, 0.1) is 11.8 Å². The third-order valence-corrected chi connectivity index (χ3v) is 3.13. The molecule has 82 valence electrons. The fourth-order valence-corrected chi connectivity index (χ4v) is 2.20. The molecule has 0 aromatic heterocycles. The lowest BCUT2D eigenvalue weighted by Crippen LogP contribution is -2.31. The van der Waals surface area contributed by atoms with Crippen molar-refractivity contribution in [1.29, 1.82) is 0 Å². The molecule has 1 rings (SSSR count). The predicted octanol–water partition coefficient (Wildman–Crippen LogP) is 2.11. The van der Waals surface area contributed by atoms with Crippen molar-refractivity contribution in [3.8, 4) is 0 Å². The van der Waals surface area contributed by atoms with E-state index in [1.165, 1.54) is 12.8 Å². The SMILES string of the molecule is CCCC[C@@H]1CC=C[C@@H](CCO)[C@H]1O. The molecule has 14 heavy (non-hydrogen) atoms. The lowest BCUT2D eigenvalue weighted by molar-refractivity contribution is 0.0475. The molecule has 0 heterocycles. The maximum Gasteiger partial charge on any atom is 0.0634 e. The molecule has 0 spiro atoms. The Kier molecular flexibility index (Phi) is 5.20. The summed E-state index contributed by atoms with van der Waals surface area (Å²) in [6, 6.07) is 0. The van der Waals surface area contributed by atoms with Crippen LogP contribution in [0.15, 0.2) is 12.2 Å². The lowest BCUT2D eigenvalue weighted by Gasteiger charge is -2.30. The van der Waals surface area contributed by atoms with Gasteiger partial charge in [-0.2, -0.15) is 0 Å². The third kappa shape index (κ3) is 3.10. The van der Waals surface area contributed by atoms with Gasteiger partial charge in [0.2, 0.25) is 0 Å². The zero-order valence-electron chi connectivity index (χ0n) is 9.02. The van der Waals surface area contributed by atoms with Crippen LogP contribution in [0.3, 0.4) is 0 Å². The van der Waals surface area contributed by atoms with Gasteiger partial charge in [0.15, 0.2) is 0 Å². The van der Waals surface area contributed by atoms with Crippen molar-refractivity contribution in [2.45, 2.75) is 45.1 Å². The predicted molar refractivity (Wildman–Crippen MR) is 58.0 cm³/mol. The highest BCUT2D eigenvalue weighted by molar-refractivity contribution is 5.00. The molecule has 0 aliphatic heterocycles. The summed E-state index contributed by atoms with van der Waals surface area (Å²) in [4.78, 5) is 0. The van der Waals surface area contributed by atoms with Crippen LogP contribution in [0.4, 0.5) is 0 Å². The Morgan fingerprint density at radius 3 is 2.79 bits per heavy atom. The number of hydrogen-bond acceptors (Lipinski definition) is 2. The maximum atomic E-state index is 10.0. The van der Waals surface area contributed by atoms with E-state index in [4.69, 9.17) is 5.11 Å². The summed E-state index contributed by atoms with van der Waals surface area (Å²) in [5.41, 5.74) is 0. The molecule has 2 N–H and O–H groups in total. The van der Waals surface area contributed by atoms with E-state index in [9.17, 15) is 5.11 Å². The Morgan fingerprint density at radius 2 is 2.14 bits per heavy atom. The average Bonchev–Trinajstić information content (AvgIpc) is 2.20. The van der Waals surface area contributed by atoms with Crippen LogP contribution < -0.4 is 0 Å². The van der Waals surface area contributed by atoms with Crippen LogP contribution in [-0.4, -0.2) is 22.9 Å². The standard InChI is InChI=1S/C12H22O2/c1-2-3-5-10-6-4-7-11(8-9-13)12(10)14/h4,7,10-14H,2-3,5-6,8-9H2,1H3/t10-,11+,12+/m1/s1. The van der Waals surface area contributed by atoms with Crippen molar-refractivity contribution in [1.82, 2.24) is 0 Å². The van der Waals surface area contributed by atoms with Crippen LogP contribution in [0.5, 0.6) is 0 Å². The van der Waals surface area contributed by atoms with E-state index in [1.807, 2.05) is 0 Å². The summed E-state index contributed by atoms with van der Waals surface area (Å²) in [6.45, 7) is 2.35. The molecule has 2 nitrogen and oxygen atoms in total. The Bertz CT molecular complexity index is 177. The van der Waals surface area contributed by atoms with E-state index in [0.29, 0.717) is 12.3 Å². The Morgan fingerprint density at radius 1 is 1.36 bits per heavy atom. The molecule has 0 aromatic rings. The molecule has 0 saturated heterocycles. The van der Waals surface area contributed by atoms with Gasteiger partial charge in [0.1, 0.15) is 0 Å². The molecular formula is C12H22O2. The monoisotopic (exact) mass is 198 g/mol. The van der Waals surface area contributed by atoms with E-state index < -0.39 is 0 Å². The zero-order chi connectivity index (χ0) is 10.4. The number of rotatable bonds is 5. The second-order valence-electron chi connectivity index (χ2n) is 4.23. The topological polar surface area (TPSA) is 40.5 Å². The van der Waals surface area contributed by atoms with Gasteiger partial charge < -0.3 is 10.2 Å². The summed E-state index contributed by atoms with van der Waals surface area (Å²) in [7, 11) is 0. The van der Waals surface area contributed by atoms with Crippen LogP contribution in [0.1, 0.15) is 39.0 Å². The van der Waals surface area contributed by atoms with Crippen molar-refractivity contribution in [2.75, 3.05) is 6.61 Å². The van der Waals surface area contributed by atoms with Crippen LogP contribution in [0.2, 0.25) is 0 Å². The first-order chi connectivity index (χ1) is 6.79. The molecule has 0 fully saturated rings. The molecule has 0 aromatic carbocycles. The first-order valence-corrected chi connectivity index (χ1v) is 5.75. The Hall–Kier alpha value is -0.340. The van der Waals surface area contributed by atoms with Crippen molar-refractivity contribution in [2.24, 2.45) is 11.8 Å². The second-order valence-corrected chi connectivity index (χ2v) is 4.23. The quantitative estimate of drug-likeness (QED) is 0.664. The summed E-state index contributed by atoms with van der Waals surface area (Å²) >= 11 is 0. The average molecular weight is 198 g/mol. The number of aliphatic hydroxyl groups is 2. The van der Waals surface area contributed by atoms with Gasteiger partial charge in [-0.1, -0.05) is 31.9 Å². The van der Waals surface area contributed by atoms with Gasteiger partial charge in [-0.15, -0.1) is 0 Å². The summed E-state index contributed by atoms with van der Waals surface area (Å²) in [6.07, 6.45) is 9.18. The summed E-state index contributed by atoms with van der Waals surface area (Å²) < 4.78 is 0. The molecule has 1 aliphatic carbocycles. The molecule has 0 unspecified atom stereocenters. The van der Waals surface area contributed by atoms with Gasteiger partial charge in [-0.25, -0.2) is 0 Å². The molecular weight excluding hydrogens is 176 g/mol. The van der Waals surface area contributed by atoms with Crippen LogP contribution >= 0.6 is 0 Å². The van der Waals surface area contributed by atoms with Gasteiger partial charge in [0.05, 0.1) is 6.10 Å². The maximum absolute atomic E-state index is 10.0. The van der Waals surface area contributed by atoms with E-state index in [1.54, 1.807) is 0 Å². The first kappa shape index (κ1) is 11.7. The van der Waals surface area contributed by atoms with Gasteiger partial charge in [-0.3, -0.25) is 0 Å². The summed E-state index contributed by atoms with van der Waals surface area (Å²) in [5.74, 6) is 0.590. The zero-order valence-corrected chi connectivity index (χ0v) is 9.02. The molecule has 0 saturated carbocycles. The minimum absolute atomic E-state index is 0.173. The highest BCUT2D eigenvalue weighted by atomic mass is 16.3. The van der Waals surface area contributed by atoms with E-state index in [2.05, 4.69) is 19.1 Å². The van der Waals surface area contributed by atoms with Crippen LogP contribution in [-0.2, 0) is 0 Å². The number of unbranched alkanes of at least 4 members (excludes halogenated alkanes) is 1. The smallest absolute Gasteiger partial charge is 0.0634 e. The third-order valence-electron chi connectivity index (χ3n) is 3.13. The van der Waals surface area contributed by atoms with Crippen LogP contribution in [0.25, 0.3) is 0 Å². The Balaban J connectivity index is 2.42. The van der Waals surface area contributed by atoms with E-state index in [0.717, 1.165) is 12.8 Å². The first-order valence-electron chi connectivity index (χ1n) is 5.75. The van der Waals surface area contributed by atoms with E-state index in [-0.39, 0.29) is 18.6 Å². The number of aliphatic hydroxyl groups excluding tert-OH is 2. The lowest BCUT2D eigenvalue weighted by atomic mass is 9.79. The molecule has 0 bridgehead atoms. The van der Waals surface area contributed by atoms with Crippen molar-refractivity contribution in [3.05, 3.63) is 12.2 Å². The van der Waals surface area contributed by atoms with Crippen molar-refractivity contribution in [3.63, 3.8) is 0 Å². The molecule has 1 aliphatic rings. The van der Waals surface area contributed by atoms with Gasteiger partial charge in [0.25, 0.3) is 0 Å². The van der Waals surface area contributed by atoms with Gasteiger partial charge in [0, 0.05) is 12.5 Å². The minimum atomic E-state index is -0.237. The second kappa shape index (κ2) is 6.20. The molecule has 0 radical (unpaired) electrons. The molecule has 0 amide bonds. The largest absolute Gasteiger partial charge is 0.396 e. The van der Waals surface area contributed by atoms with E-state index >= 15 is 0 Å². The number of allylic oxidation sites excluding steroid dienone is 1. The fraction of sp³-hybridized carbons (Fsp3) is 0.833.